The Bertz CT molecular complexity index is 926. The Morgan fingerprint density at radius 2 is 1.78 bits per heavy atom. The SMILES string of the molecule is C/C(=C\CC[C@]1(C)CCc2cc(O)cc(C)c2O1)CC/C=C(\C)CCCC(C)C(=O)[C@@H](O)CC(C)C. The first-order chi connectivity index (χ1) is 16.9. The zero-order valence-electron chi connectivity index (χ0n) is 23.8. The summed E-state index contributed by atoms with van der Waals surface area (Å²) in [7, 11) is 0. The van der Waals surface area contributed by atoms with Gasteiger partial charge in [-0.1, -0.05) is 44.1 Å². The number of allylic oxidation sites excluding steroid dienone is 4. The minimum atomic E-state index is -0.812. The van der Waals surface area contributed by atoms with E-state index in [1.807, 2.05) is 33.8 Å². The number of hydrogen-bond donors (Lipinski definition) is 2. The van der Waals surface area contributed by atoms with Gasteiger partial charge in [-0.25, -0.2) is 0 Å². The van der Waals surface area contributed by atoms with Gasteiger partial charge in [0.15, 0.2) is 5.78 Å². The van der Waals surface area contributed by atoms with Crippen molar-refractivity contribution in [2.24, 2.45) is 11.8 Å². The van der Waals surface area contributed by atoms with Crippen LogP contribution in [-0.4, -0.2) is 27.7 Å². The maximum Gasteiger partial charge on any atom is 0.164 e. The van der Waals surface area contributed by atoms with E-state index in [0.29, 0.717) is 18.1 Å². The van der Waals surface area contributed by atoms with Gasteiger partial charge in [-0.3, -0.25) is 4.79 Å². The van der Waals surface area contributed by atoms with E-state index in [1.54, 1.807) is 6.07 Å². The summed E-state index contributed by atoms with van der Waals surface area (Å²) >= 11 is 0. The molecule has 36 heavy (non-hydrogen) atoms. The molecule has 0 amide bonds. The lowest BCUT2D eigenvalue weighted by Crippen LogP contribution is -2.36. The number of carbonyl (C=O) groups is 1. The fraction of sp³-hybridized carbons (Fsp3) is 0.656. The summed E-state index contributed by atoms with van der Waals surface area (Å²) in [6.07, 6.45) is 13.3. The molecule has 4 heteroatoms. The lowest BCUT2D eigenvalue weighted by molar-refractivity contribution is -0.131. The Hall–Kier alpha value is -2.07. The van der Waals surface area contributed by atoms with Crippen LogP contribution in [0.3, 0.4) is 0 Å². The van der Waals surface area contributed by atoms with Gasteiger partial charge in [-0.15, -0.1) is 0 Å². The molecule has 0 radical (unpaired) electrons. The molecule has 0 aliphatic carbocycles. The highest BCUT2D eigenvalue weighted by molar-refractivity contribution is 5.84. The van der Waals surface area contributed by atoms with Crippen LogP contribution < -0.4 is 4.74 Å². The molecule has 0 saturated heterocycles. The largest absolute Gasteiger partial charge is 0.508 e. The number of phenols is 1. The number of phenolic OH excluding ortho intramolecular Hbond substituents is 1. The van der Waals surface area contributed by atoms with Crippen molar-refractivity contribution in [3.63, 3.8) is 0 Å². The first-order valence-corrected chi connectivity index (χ1v) is 13.9. The lowest BCUT2D eigenvalue weighted by atomic mass is 9.87. The van der Waals surface area contributed by atoms with Gasteiger partial charge in [-0.2, -0.15) is 0 Å². The molecule has 1 unspecified atom stereocenters. The number of aryl methyl sites for hydroxylation is 2. The molecule has 0 saturated carbocycles. The maximum absolute atomic E-state index is 12.3. The molecule has 202 valence electrons. The van der Waals surface area contributed by atoms with Gasteiger partial charge in [0, 0.05) is 5.92 Å². The Balaban J connectivity index is 1.70. The van der Waals surface area contributed by atoms with Gasteiger partial charge < -0.3 is 14.9 Å². The highest BCUT2D eigenvalue weighted by Gasteiger charge is 2.32. The summed E-state index contributed by atoms with van der Waals surface area (Å²) in [6, 6.07) is 3.61. The third kappa shape index (κ3) is 9.76. The number of ether oxygens (including phenoxy) is 1. The Morgan fingerprint density at radius 1 is 1.11 bits per heavy atom. The van der Waals surface area contributed by atoms with Crippen LogP contribution in [0.1, 0.15) is 110 Å². The fourth-order valence-corrected chi connectivity index (χ4v) is 5.13. The van der Waals surface area contributed by atoms with E-state index < -0.39 is 6.10 Å². The summed E-state index contributed by atoms with van der Waals surface area (Å²) in [5.74, 6) is 1.53. The van der Waals surface area contributed by atoms with Gasteiger partial charge in [0.2, 0.25) is 0 Å². The van der Waals surface area contributed by atoms with Gasteiger partial charge in [-0.05, 0) is 121 Å². The van der Waals surface area contributed by atoms with Crippen molar-refractivity contribution in [1.29, 1.82) is 0 Å². The highest BCUT2D eigenvalue weighted by Crippen LogP contribution is 2.39. The summed E-state index contributed by atoms with van der Waals surface area (Å²) in [4.78, 5) is 12.3. The molecule has 1 aliphatic rings. The van der Waals surface area contributed by atoms with Crippen LogP contribution in [0.15, 0.2) is 35.4 Å². The topological polar surface area (TPSA) is 66.8 Å². The van der Waals surface area contributed by atoms with Crippen molar-refractivity contribution in [1.82, 2.24) is 0 Å². The van der Waals surface area contributed by atoms with Gasteiger partial charge >= 0.3 is 0 Å². The molecule has 2 N–H and O–H groups in total. The van der Waals surface area contributed by atoms with Crippen molar-refractivity contribution in [2.75, 3.05) is 0 Å². The molecule has 1 heterocycles. The second-order valence-corrected chi connectivity index (χ2v) is 11.8. The second-order valence-electron chi connectivity index (χ2n) is 11.8. The van der Waals surface area contributed by atoms with E-state index in [2.05, 4.69) is 32.9 Å². The number of benzene rings is 1. The number of aliphatic hydroxyl groups is 1. The van der Waals surface area contributed by atoms with E-state index in [1.165, 1.54) is 11.1 Å². The van der Waals surface area contributed by atoms with Crippen molar-refractivity contribution < 1.29 is 19.7 Å². The van der Waals surface area contributed by atoms with Gasteiger partial charge in [0.25, 0.3) is 0 Å². The quantitative estimate of drug-likeness (QED) is 0.255. The predicted octanol–water partition coefficient (Wildman–Crippen LogP) is 8.02. The average Bonchev–Trinajstić information content (AvgIpc) is 2.78. The molecular weight excluding hydrogens is 448 g/mol. The molecule has 0 bridgehead atoms. The molecule has 4 nitrogen and oxygen atoms in total. The van der Waals surface area contributed by atoms with E-state index in [9.17, 15) is 15.0 Å². The third-order valence-corrected chi connectivity index (χ3v) is 7.52. The maximum atomic E-state index is 12.3. The lowest BCUT2D eigenvalue weighted by Gasteiger charge is -2.36. The van der Waals surface area contributed by atoms with Crippen molar-refractivity contribution in [3.05, 3.63) is 46.6 Å². The normalized spacial score (nSPS) is 20.1. The third-order valence-electron chi connectivity index (χ3n) is 7.52. The molecule has 3 atom stereocenters. The molecule has 1 aromatic rings. The number of Topliss-reactive ketones (excluding diaryl/α,β-unsaturated/α-hetero) is 1. The number of carbonyl (C=O) groups excluding carboxylic acids is 1. The van der Waals surface area contributed by atoms with E-state index in [0.717, 1.165) is 74.7 Å². The summed E-state index contributed by atoms with van der Waals surface area (Å²) in [5.41, 5.74) is 4.76. The zero-order chi connectivity index (χ0) is 26.9. The number of hydrogen-bond acceptors (Lipinski definition) is 4. The van der Waals surface area contributed by atoms with E-state index in [4.69, 9.17) is 4.74 Å². The van der Waals surface area contributed by atoms with E-state index in [-0.39, 0.29) is 17.3 Å². The first kappa shape index (κ1) is 30.2. The summed E-state index contributed by atoms with van der Waals surface area (Å²) < 4.78 is 6.41. The molecule has 1 aromatic carbocycles. The van der Waals surface area contributed by atoms with Crippen LogP contribution >= 0.6 is 0 Å². The van der Waals surface area contributed by atoms with Gasteiger partial charge in [0.05, 0.1) is 0 Å². The standard InChI is InChI=1S/C32H50O4/c1-22(2)19-29(34)30(35)25(5)15-9-13-23(3)11-8-12-24(4)14-10-17-32(7)18-16-27-21-28(33)20-26(6)31(27)36-32/h11,14,20-22,25,29,33-34H,8-10,12-13,15-19H2,1-7H3/b23-11+,24-14+/t25?,29-,32+/m0/s1. The minimum Gasteiger partial charge on any atom is -0.508 e. The highest BCUT2D eigenvalue weighted by atomic mass is 16.5. The number of ketones is 1. The van der Waals surface area contributed by atoms with Crippen LogP contribution in [-0.2, 0) is 11.2 Å². The van der Waals surface area contributed by atoms with Crippen molar-refractivity contribution in [2.45, 2.75) is 124 Å². The monoisotopic (exact) mass is 498 g/mol. The second kappa shape index (κ2) is 14.0. The summed E-state index contributed by atoms with van der Waals surface area (Å²) in [6.45, 7) is 14.6. The average molecular weight is 499 g/mol. The van der Waals surface area contributed by atoms with Crippen LogP contribution in [0.2, 0.25) is 0 Å². The fourth-order valence-electron chi connectivity index (χ4n) is 5.13. The van der Waals surface area contributed by atoms with Crippen LogP contribution in [0.5, 0.6) is 11.5 Å². The number of rotatable bonds is 14. The van der Waals surface area contributed by atoms with Crippen LogP contribution in [0.25, 0.3) is 0 Å². The van der Waals surface area contributed by atoms with Crippen LogP contribution in [0.4, 0.5) is 0 Å². The molecule has 0 spiro atoms. The predicted molar refractivity (Wildman–Crippen MR) is 150 cm³/mol. The van der Waals surface area contributed by atoms with Crippen LogP contribution in [0, 0.1) is 18.8 Å². The zero-order valence-corrected chi connectivity index (χ0v) is 23.8. The molecular formula is C32H50O4. The summed E-state index contributed by atoms with van der Waals surface area (Å²) in [5, 5.41) is 19.9. The Labute approximate surface area is 219 Å². The first-order valence-electron chi connectivity index (χ1n) is 13.9. The Morgan fingerprint density at radius 3 is 2.47 bits per heavy atom. The minimum absolute atomic E-state index is 0.00257. The van der Waals surface area contributed by atoms with Crippen molar-refractivity contribution >= 4 is 5.78 Å². The smallest absolute Gasteiger partial charge is 0.164 e. The molecule has 0 fully saturated rings. The number of aromatic hydroxyl groups is 1. The Kier molecular flexibility index (Phi) is 11.7. The van der Waals surface area contributed by atoms with Crippen molar-refractivity contribution in [3.8, 4) is 11.5 Å². The number of fused-ring (bicyclic) bond motifs is 1. The molecule has 0 aromatic heterocycles. The van der Waals surface area contributed by atoms with E-state index >= 15 is 0 Å². The number of aliphatic hydroxyl groups excluding tert-OH is 1. The molecule has 2 rings (SSSR count). The molecule has 1 aliphatic heterocycles. The van der Waals surface area contributed by atoms with Gasteiger partial charge in [0.1, 0.15) is 23.2 Å².